The third kappa shape index (κ3) is 4.03. The van der Waals surface area contributed by atoms with E-state index in [1.165, 1.54) is 6.07 Å². The van der Waals surface area contributed by atoms with E-state index < -0.39 is 16.7 Å². The molecule has 0 aliphatic rings. The standard InChI is InChI=1S/C20H14N4O5/c25-19(16-10-11-18(28-16)24(26)27)21-15-9-5-4-8-14(15)20-22-17(23-29-20)12-13-6-2-1-3-7-13/h1-11H,12H2,(H,21,25). The lowest BCUT2D eigenvalue weighted by Crippen LogP contribution is -2.11. The van der Waals surface area contributed by atoms with Crippen LogP contribution in [0.1, 0.15) is 21.9 Å². The lowest BCUT2D eigenvalue weighted by Gasteiger charge is -2.06. The molecule has 1 N–H and O–H groups in total. The van der Waals surface area contributed by atoms with Gasteiger partial charge in [0.1, 0.15) is 4.92 Å². The molecule has 0 aliphatic heterocycles. The Hall–Kier alpha value is -4.27. The summed E-state index contributed by atoms with van der Waals surface area (Å²) in [5.41, 5.74) is 1.97. The third-order valence-electron chi connectivity index (χ3n) is 4.07. The van der Waals surface area contributed by atoms with E-state index in [-0.39, 0.29) is 11.7 Å². The van der Waals surface area contributed by atoms with Gasteiger partial charge in [0.2, 0.25) is 0 Å². The fourth-order valence-electron chi connectivity index (χ4n) is 2.72. The Balaban J connectivity index is 1.55. The molecule has 0 aliphatic carbocycles. The van der Waals surface area contributed by atoms with Gasteiger partial charge in [-0.25, -0.2) is 0 Å². The van der Waals surface area contributed by atoms with Crippen molar-refractivity contribution in [2.45, 2.75) is 6.42 Å². The highest BCUT2D eigenvalue weighted by molar-refractivity contribution is 6.04. The van der Waals surface area contributed by atoms with Crippen LogP contribution in [-0.2, 0) is 6.42 Å². The van der Waals surface area contributed by atoms with E-state index >= 15 is 0 Å². The van der Waals surface area contributed by atoms with Crippen molar-refractivity contribution in [2.24, 2.45) is 0 Å². The van der Waals surface area contributed by atoms with E-state index in [1.807, 2.05) is 30.3 Å². The van der Waals surface area contributed by atoms with Gasteiger partial charge < -0.3 is 14.3 Å². The monoisotopic (exact) mass is 390 g/mol. The van der Waals surface area contributed by atoms with Gasteiger partial charge in [0.05, 0.1) is 17.3 Å². The van der Waals surface area contributed by atoms with Crippen LogP contribution in [0.3, 0.4) is 0 Å². The lowest BCUT2D eigenvalue weighted by atomic mass is 10.1. The number of benzene rings is 2. The second-order valence-corrected chi connectivity index (χ2v) is 6.07. The summed E-state index contributed by atoms with van der Waals surface area (Å²) < 4.78 is 10.3. The van der Waals surface area contributed by atoms with Gasteiger partial charge in [-0.15, -0.1) is 0 Å². The van der Waals surface area contributed by atoms with E-state index in [2.05, 4.69) is 15.5 Å². The molecule has 0 saturated carbocycles. The maximum atomic E-state index is 12.4. The van der Waals surface area contributed by atoms with Crippen molar-refractivity contribution in [3.8, 4) is 11.5 Å². The molecule has 0 spiro atoms. The molecule has 0 fully saturated rings. The highest BCUT2D eigenvalue weighted by Crippen LogP contribution is 2.27. The van der Waals surface area contributed by atoms with Crippen LogP contribution in [0.5, 0.6) is 0 Å². The number of furan rings is 1. The van der Waals surface area contributed by atoms with Crippen molar-refractivity contribution in [3.05, 3.63) is 94.0 Å². The number of aromatic nitrogens is 2. The number of carbonyl (C=O) groups is 1. The number of amides is 1. The maximum absolute atomic E-state index is 12.4. The first-order chi connectivity index (χ1) is 14.1. The van der Waals surface area contributed by atoms with Gasteiger partial charge >= 0.3 is 5.88 Å². The Kier molecular flexibility index (Phi) is 4.85. The topological polar surface area (TPSA) is 124 Å². The van der Waals surface area contributed by atoms with Gasteiger partial charge in [0.15, 0.2) is 11.6 Å². The van der Waals surface area contributed by atoms with Crippen LogP contribution >= 0.6 is 0 Å². The quantitative estimate of drug-likeness (QED) is 0.388. The molecule has 2 aromatic carbocycles. The SMILES string of the molecule is O=C(Nc1ccccc1-c1nc(Cc2ccccc2)no1)c1ccc([N+](=O)[O-])o1. The predicted molar refractivity (Wildman–Crippen MR) is 102 cm³/mol. The summed E-state index contributed by atoms with van der Waals surface area (Å²) in [7, 11) is 0. The van der Waals surface area contributed by atoms with E-state index in [0.29, 0.717) is 23.5 Å². The average molecular weight is 390 g/mol. The van der Waals surface area contributed by atoms with Crippen LogP contribution in [0.2, 0.25) is 0 Å². The zero-order valence-corrected chi connectivity index (χ0v) is 14.9. The molecule has 9 nitrogen and oxygen atoms in total. The molecule has 29 heavy (non-hydrogen) atoms. The Labute approximate surface area is 164 Å². The molecule has 9 heteroatoms. The summed E-state index contributed by atoms with van der Waals surface area (Å²) in [6, 6.07) is 19.0. The number of para-hydroxylation sites is 1. The van der Waals surface area contributed by atoms with Crippen LogP contribution < -0.4 is 5.32 Å². The van der Waals surface area contributed by atoms with Crippen molar-refractivity contribution >= 4 is 17.5 Å². The van der Waals surface area contributed by atoms with Gasteiger partial charge in [0.25, 0.3) is 11.8 Å². The van der Waals surface area contributed by atoms with E-state index in [0.717, 1.165) is 11.6 Å². The summed E-state index contributed by atoms with van der Waals surface area (Å²) in [6.45, 7) is 0. The Morgan fingerprint density at radius 2 is 1.79 bits per heavy atom. The summed E-state index contributed by atoms with van der Waals surface area (Å²) in [5.74, 6) is -0.562. The summed E-state index contributed by atoms with van der Waals surface area (Å²) in [4.78, 5) is 26.8. The molecule has 4 aromatic rings. The summed E-state index contributed by atoms with van der Waals surface area (Å²) in [6.07, 6.45) is 0.509. The van der Waals surface area contributed by atoms with Gasteiger partial charge in [-0.3, -0.25) is 14.9 Å². The molecule has 0 unspecified atom stereocenters. The van der Waals surface area contributed by atoms with Crippen LogP contribution in [0.4, 0.5) is 11.6 Å². The number of nitrogens with one attached hydrogen (secondary N) is 1. The predicted octanol–water partition coefficient (Wildman–Crippen LogP) is 4.08. The van der Waals surface area contributed by atoms with Crippen LogP contribution in [-0.4, -0.2) is 21.0 Å². The Morgan fingerprint density at radius 1 is 1.03 bits per heavy atom. The molecule has 1 amide bonds. The van der Waals surface area contributed by atoms with Crippen LogP contribution in [0.15, 0.2) is 75.7 Å². The molecule has 0 radical (unpaired) electrons. The Bertz CT molecular complexity index is 1170. The minimum atomic E-state index is -0.711. The number of hydrogen-bond donors (Lipinski definition) is 1. The molecule has 0 bridgehead atoms. The van der Waals surface area contributed by atoms with Gasteiger partial charge in [0, 0.05) is 6.42 Å². The lowest BCUT2D eigenvalue weighted by molar-refractivity contribution is -0.402. The van der Waals surface area contributed by atoms with Gasteiger partial charge in [-0.1, -0.05) is 47.6 Å². The second kappa shape index (κ2) is 7.77. The first-order valence-corrected chi connectivity index (χ1v) is 8.61. The molecular weight excluding hydrogens is 376 g/mol. The minimum Gasteiger partial charge on any atom is -0.395 e. The largest absolute Gasteiger partial charge is 0.433 e. The number of rotatable bonds is 6. The highest BCUT2D eigenvalue weighted by atomic mass is 16.6. The molecule has 4 rings (SSSR count). The molecule has 0 saturated heterocycles. The zero-order chi connectivity index (χ0) is 20.2. The van der Waals surface area contributed by atoms with Crippen LogP contribution in [0.25, 0.3) is 11.5 Å². The normalized spacial score (nSPS) is 10.6. The first kappa shape index (κ1) is 18.1. The fourth-order valence-corrected chi connectivity index (χ4v) is 2.72. The van der Waals surface area contributed by atoms with Crippen molar-refractivity contribution < 1.29 is 18.7 Å². The number of nitro groups is 1. The van der Waals surface area contributed by atoms with E-state index in [1.54, 1.807) is 24.3 Å². The molecule has 144 valence electrons. The number of hydrogen-bond acceptors (Lipinski definition) is 7. The number of nitrogens with zero attached hydrogens (tertiary/aromatic N) is 3. The highest BCUT2D eigenvalue weighted by Gasteiger charge is 2.20. The van der Waals surface area contributed by atoms with Gasteiger partial charge in [-0.05, 0) is 23.8 Å². The summed E-state index contributed by atoms with van der Waals surface area (Å²) >= 11 is 0. The second-order valence-electron chi connectivity index (χ2n) is 6.07. The smallest absolute Gasteiger partial charge is 0.395 e. The van der Waals surface area contributed by atoms with E-state index in [4.69, 9.17) is 8.94 Å². The summed E-state index contributed by atoms with van der Waals surface area (Å²) in [5, 5.41) is 17.4. The molecule has 2 aromatic heterocycles. The van der Waals surface area contributed by atoms with Crippen LogP contribution in [0, 0.1) is 10.1 Å². The minimum absolute atomic E-state index is 0.179. The number of carbonyl (C=O) groups excluding carboxylic acids is 1. The zero-order valence-electron chi connectivity index (χ0n) is 14.9. The van der Waals surface area contributed by atoms with Gasteiger partial charge in [-0.2, -0.15) is 4.98 Å². The molecular formula is C20H14N4O5. The average Bonchev–Trinajstić information content (AvgIpc) is 3.39. The Morgan fingerprint density at radius 3 is 2.55 bits per heavy atom. The van der Waals surface area contributed by atoms with E-state index in [9.17, 15) is 14.9 Å². The molecule has 0 atom stereocenters. The van der Waals surface area contributed by atoms with Crippen molar-refractivity contribution in [1.82, 2.24) is 10.1 Å². The third-order valence-corrected chi connectivity index (χ3v) is 4.07. The van der Waals surface area contributed by atoms with Crippen molar-refractivity contribution in [3.63, 3.8) is 0 Å². The molecule has 2 heterocycles. The fraction of sp³-hybridized carbons (Fsp3) is 0.0500. The van der Waals surface area contributed by atoms with Crippen molar-refractivity contribution in [1.29, 1.82) is 0 Å². The number of anilines is 1. The van der Waals surface area contributed by atoms with Crippen molar-refractivity contribution in [2.75, 3.05) is 5.32 Å². The first-order valence-electron chi connectivity index (χ1n) is 8.61. The maximum Gasteiger partial charge on any atom is 0.433 e.